The van der Waals surface area contributed by atoms with Crippen LogP contribution in [0.3, 0.4) is 0 Å². The SMILES string of the molecule is NC(=O)C1(c2ccccc2)CCN(C(=O)c2sc(-c3ccc(Cl)cc3Cl)c(-c3ccc(Cl)cc3)c2OCCCO)CC1. The molecule has 2 heterocycles. The van der Waals surface area contributed by atoms with E-state index in [0.717, 1.165) is 16.0 Å². The number of carbonyl (C=O) groups is 2. The van der Waals surface area contributed by atoms with Crippen molar-refractivity contribution in [2.45, 2.75) is 24.7 Å². The van der Waals surface area contributed by atoms with E-state index in [1.165, 1.54) is 11.3 Å². The Bertz CT molecular complexity index is 1580. The van der Waals surface area contributed by atoms with Gasteiger partial charge in [0, 0.05) is 52.2 Å². The smallest absolute Gasteiger partial charge is 0.267 e. The van der Waals surface area contributed by atoms with Gasteiger partial charge in [-0.2, -0.15) is 0 Å². The molecule has 3 aromatic carbocycles. The third kappa shape index (κ3) is 6.03. The number of hydrogen-bond acceptors (Lipinski definition) is 5. The molecule has 0 saturated carbocycles. The number of benzene rings is 3. The van der Waals surface area contributed by atoms with E-state index in [1.54, 1.807) is 29.2 Å². The van der Waals surface area contributed by atoms with Crippen molar-refractivity contribution in [2.75, 3.05) is 26.3 Å². The summed E-state index contributed by atoms with van der Waals surface area (Å²) >= 11 is 20.4. The van der Waals surface area contributed by atoms with Gasteiger partial charge >= 0.3 is 0 Å². The Morgan fingerprint density at radius 2 is 1.62 bits per heavy atom. The molecule has 4 aromatic rings. The molecule has 10 heteroatoms. The monoisotopic (exact) mass is 642 g/mol. The van der Waals surface area contributed by atoms with Gasteiger partial charge in [-0.05, 0) is 48.2 Å². The summed E-state index contributed by atoms with van der Waals surface area (Å²) in [6, 6.07) is 22.0. The normalized spacial score (nSPS) is 14.5. The zero-order chi connectivity index (χ0) is 29.9. The van der Waals surface area contributed by atoms with Crippen LogP contribution in [0, 0.1) is 0 Å². The molecule has 1 aliphatic heterocycles. The number of thiophene rings is 1. The van der Waals surface area contributed by atoms with Crippen molar-refractivity contribution in [2.24, 2.45) is 5.73 Å². The summed E-state index contributed by atoms with van der Waals surface area (Å²) in [5.74, 6) is -0.192. The van der Waals surface area contributed by atoms with Crippen LogP contribution in [0.4, 0.5) is 0 Å². The first kappa shape index (κ1) is 30.4. The van der Waals surface area contributed by atoms with Gasteiger partial charge in [-0.25, -0.2) is 0 Å². The number of amides is 2. The van der Waals surface area contributed by atoms with Crippen LogP contribution in [0.15, 0.2) is 72.8 Å². The highest BCUT2D eigenvalue weighted by molar-refractivity contribution is 7.18. The zero-order valence-electron chi connectivity index (χ0n) is 22.6. The maximum Gasteiger partial charge on any atom is 0.267 e. The summed E-state index contributed by atoms with van der Waals surface area (Å²) in [5.41, 5.74) is 8.16. The molecule has 0 radical (unpaired) electrons. The summed E-state index contributed by atoms with van der Waals surface area (Å²) in [7, 11) is 0. The van der Waals surface area contributed by atoms with Gasteiger partial charge in [-0.3, -0.25) is 9.59 Å². The molecule has 1 aromatic heterocycles. The van der Waals surface area contributed by atoms with Crippen LogP contribution in [-0.4, -0.2) is 48.1 Å². The van der Waals surface area contributed by atoms with Gasteiger partial charge in [0.05, 0.1) is 17.0 Å². The minimum absolute atomic E-state index is 0.0552. The van der Waals surface area contributed by atoms with E-state index in [1.807, 2.05) is 48.5 Å². The molecule has 0 spiro atoms. The molecule has 0 aliphatic carbocycles. The Morgan fingerprint density at radius 1 is 0.952 bits per heavy atom. The standard InChI is InChI=1S/C32H29Cl3N2O4S/c33-22-9-7-20(8-10-22)26-27(41-18-4-17-38)29(42-28(26)24-12-11-23(34)19-25(24)35)30(39)37-15-13-32(14-16-37,31(36)40)21-5-2-1-3-6-21/h1-3,5-12,19,38H,4,13-18H2,(H2,36,40). The molecule has 3 N–H and O–H groups in total. The molecule has 42 heavy (non-hydrogen) atoms. The minimum Gasteiger partial charge on any atom is -0.491 e. The number of carbonyl (C=O) groups excluding carboxylic acids is 2. The number of nitrogens with zero attached hydrogens (tertiary/aromatic N) is 1. The quantitative estimate of drug-likeness (QED) is 0.185. The summed E-state index contributed by atoms with van der Waals surface area (Å²) in [6.07, 6.45) is 1.21. The van der Waals surface area contributed by atoms with E-state index in [4.69, 9.17) is 45.3 Å². The summed E-state index contributed by atoms with van der Waals surface area (Å²) in [5, 5.41) is 10.9. The molecular weight excluding hydrogens is 615 g/mol. The average molecular weight is 644 g/mol. The molecule has 0 unspecified atom stereocenters. The average Bonchev–Trinajstić information content (AvgIpc) is 3.36. The number of halogens is 3. The number of rotatable bonds is 9. The van der Waals surface area contributed by atoms with E-state index < -0.39 is 11.3 Å². The topological polar surface area (TPSA) is 92.9 Å². The molecule has 1 aliphatic rings. The number of likely N-dealkylation sites (tertiary alicyclic amines) is 1. The van der Waals surface area contributed by atoms with Gasteiger partial charge in [0.1, 0.15) is 4.88 Å². The van der Waals surface area contributed by atoms with Gasteiger partial charge in [-0.1, -0.05) is 83.3 Å². The highest BCUT2D eigenvalue weighted by atomic mass is 35.5. The molecule has 0 atom stereocenters. The number of ether oxygens (including phenoxy) is 1. The van der Waals surface area contributed by atoms with E-state index >= 15 is 0 Å². The predicted molar refractivity (Wildman–Crippen MR) is 170 cm³/mol. The number of hydrogen-bond donors (Lipinski definition) is 2. The third-order valence-electron chi connectivity index (χ3n) is 7.62. The third-order valence-corrected chi connectivity index (χ3v) is 9.61. The van der Waals surface area contributed by atoms with Crippen molar-refractivity contribution in [1.82, 2.24) is 4.90 Å². The molecule has 5 rings (SSSR count). The van der Waals surface area contributed by atoms with Crippen molar-refractivity contribution in [3.8, 4) is 27.3 Å². The Kier molecular flexibility index (Phi) is 9.45. The second-order valence-corrected chi connectivity index (χ2v) is 12.4. The van der Waals surface area contributed by atoms with Crippen LogP contribution < -0.4 is 10.5 Å². The lowest BCUT2D eigenvalue weighted by molar-refractivity contribution is -0.125. The van der Waals surface area contributed by atoms with Crippen molar-refractivity contribution in [1.29, 1.82) is 0 Å². The Balaban J connectivity index is 1.58. The van der Waals surface area contributed by atoms with Crippen molar-refractivity contribution < 1.29 is 19.4 Å². The van der Waals surface area contributed by atoms with Crippen LogP contribution in [0.25, 0.3) is 21.6 Å². The van der Waals surface area contributed by atoms with Crippen molar-refractivity contribution in [3.05, 3.63) is 98.3 Å². The van der Waals surface area contributed by atoms with Gasteiger partial charge in [0.2, 0.25) is 5.91 Å². The first-order chi connectivity index (χ1) is 20.2. The van der Waals surface area contributed by atoms with E-state index in [0.29, 0.717) is 69.2 Å². The van der Waals surface area contributed by atoms with Crippen LogP contribution in [-0.2, 0) is 10.2 Å². The fourth-order valence-corrected chi connectivity index (χ4v) is 7.30. The first-order valence-corrected chi connectivity index (χ1v) is 15.5. The van der Waals surface area contributed by atoms with Crippen molar-refractivity contribution >= 4 is 58.0 Å². The maximum atomic E-state index is 14.2. The van der Waals surface area contributed by atoms with Gasteiger partial charge in [0.15, 0.2) is 5.75 Å². The van der Waals surface area contributed by atoms with E-state index in [-0.39, 0.29) is 19.1 Å². The maximum absolute atomic E-state index is 14.2. The fraction of sp³-hybridized carbons (Fsp3) is 0.250. The second-order valence-electron chi connectivity index (χ2n) is 10.1. The fourth-order valence-electron chi connectivity index (χ4n) is 5.35. The van der Waals surface area contributed by atoms with Crippen LogP contribution >= 0.6 is 46.1 Å². The lowest BCUT2D eigenvalue weighted by Crippen LogP contribution is -2.51. The molecule has 6 nitrogen and oxygen atoms in total. The number of aliphatic hydroxyl groups excluding tert-OH is 1. The van der Waals surface area contributed by atoms with Crippen LogP contribution in [0.5, 0.6) is 5.75 Å². The van der Waals surface area contributed by atoms with E-state index in [9.17, 15) is 14.7 Å². The largest absolute Gasteiger partial charge is 0.491 e. The highest BCUT2D eigenvalue weighted by Gasteiger charge is 2.43. The Labute approximate surface area is 263 Å². The Morgan fingerprint density at radius 3 is 2.24 bits per heavy atom. The van der Waals surface area contributed by atoms with Crippen molar-refractivity contribution in [3.63, 3.8) is 0 Å². The number of aliphatic hydroxyl groups is 1. The molecule has 218 valence electrons. The molecular formula is C32H29Cl3N2O4S. The summed E-state index contributed by atoms with van der Waals surface area (Å²) in [4.78, 5) is 29.8. The molecule has 2 amide bonds. The molecule has 1 fully saturated rings. The van der Waals surface area contributed by atoms with Gasteiger partial charge < -0.3 is 20.5 Å². The van der Waals surface area contributed by atoms with Gasteiger partial charge in [-0.15, -0.1) is 11.3 Å². The highest BCUT2D eigenvalue weighted by Crippen LogP contribution is 2.51. The predicted octanol–water partition coefficient (Wildman–Crippen LogP) is 7.46. The van der Waals surface area contributed by atoms with Gasteiger partial charge in [0.25, 0.3) is 5.91 Å². The first-order valence-electron chi connectivity index (χ1n) is 13.5. The Hall–Kier alpha value is -3.07. The molecule has 0 bridgehead atoms. The number of piperidine rings is 1. The summed E-state index contributed by atoms with van der Waals surface area (Å²) in [6.45, 7) is 0.844. The lowest BCUT2D eigenvalue weighted by atomic mass is 9.72. The second kappa shape index (κ2) is 13.1. The van der Waals surface area contributed by atoms with Crippen LogP contribution in [0.1, 0.15) is 34.5 Å². The number of primary amides is 1. The minimum atomic E-state index is -0.843. The molecule has 1 saturated heterocycles. The summed E-state index contributed by atoms with van der Waals surface area (Å²) < 4.78 is 6.25. The lowest BCUT2D eigenvalue weighted by Gasteiger charge is -2.40. The number of nitrogens with two attached hydrogens (primary N) is 1. The zero-order valence-corrected chi connectivity index (χ0v) is 25.7. The van der Waals surface area contributed by atoms with E-state index in [2.05, 4.69) is 0 Å². The van der Waals surface area contributed by atoms with Crippen LogP contribution in [0.2, 0.25) is 15.1 Å².